The molecule has 0 aliphatic heterocycles. The summed E-state index contributed by atoms with van der Waals surface area (Å²) in [6, 6.07) is 1.41. The van der Waals surface area contributed by atoms with Gasteiger partial charge in [0.1, 0.15) is 5.69 Å². The van der Waals surface area contributed by atoms with Gasteiger partial charge in [-0.2, -0.15) is 5.10 Å². The molecule has 2 heterocycles. The Morgan fingerprint density at radius 1 is 1.35 bits per heavy atom. The Labute approximate surface area is 116 Å². The Hall–Kier alpha value is -2.37. The molecule has 0 aromatic carbocycles. The van der Waals surface area contributed by atoms with E-state index in [9.17, 15) is 14.7 Å². The minimum Gasteiger partial charge on any atom is -0.477 e. The highest BCUT2D eigenvalue weighted by molar-refractivity contribution is 5.97. The van der Waals surface area contributed by atoms with Crippen molar-refractivity contribution in [2.24, 2.45) is 7.05 Å². The maximum atomic E-state index is 11.4. The molecule has 0 fully saturated rings. The molecule has 6 heteroatoms. The molecule has 0 amide bonds. The lowest BCUT2D eigenvalue weighted by molar-refractivity contribution is 0.0685. The van der Waals surface area contributed by atoms with Crippen LogP contribution < -0.4 is 0 Å². The topological polar surface area (TPSA) is 77.1 Å². The van der Waals surface area contributed by atoms with E-state index < -0.39 is 5.97 Å². The van der Waals surface area contributed by atoms with Crippen LogP contribution in [0.1, 0.15) is 44.7 Å². The van der Waals surface area contributed by atoms with Crippen LogP contribution in [0.5, 0.6) is 0 Å². The van der Waals surface area contributed by atoms with Crippen molar-refractivity contribution in [3.8, 4) is 0 Å². The lowest BCUT2D eigenvalue weighted by atomic mass is 10.2. The van der Waals surface area contributed by atoms with Crippen molar-refractivity contribution >= 4 is 11.8 Å². The first-order valence-corrected chi connectivity index (χ1v) is 6.24. The highest BCUT2D eigenvalue weighted by Crippen LogP contribution is 2.17. The number of aromatic carboxylic acids is 1. The molecule has 0 spiro atoms. The van der Waals surface area contributed by atoms with Gasteiger partial charge in [-0.05, 0) is 26.8 Å². The molecule has 2 aromatic rings. The fourth-order valence-corrected chi connectivity index (χ4v) is 2.23. The maximum absolute atomic E-state index is 11.4. The number of hydrogen-bond donors (Lipinski definition) is 1. The van der Waals surface area contributed by atoms with E-state index >= 15 is 0 Å². The van der Waals surface area contributed by atoms with Gasteiger partial charge < -0.3 is 9.67 Å². The van der Waals surface area contributed by atoms with E-state index in [1.54, 1.807) is 15.4 Å². The van der Waals surface area contributed by atoms with Gasteiger partial charge >= 0.3 is 5.97 Å². The van der Waals surface area contributed by atoms with Crippen molar-refractivity contribution in [2.75, 3.05) is 0 Å². The highest BCUT2D eigenvalue weighted by atomic mass is 16.4. The second kappa shape index (κ2) is 4.96. The Balaban J connectivity index is 2.47. The number of ketones is 1. The van der Waals surface area contributed by atoms with Crippen LogP contribution in [0, 0.1) is 13.8 Å². The molecule has 20 heavy (non-hydrogen) atoms. The molecule has 0 aliphatic rings. The Morgan fingerprint density at radius 3 is 2.45 bits per heavy atom. The molecule has 0 saturated heterocycles. The largest absolute Gasteiger partial charge is 0.477 e. The number of nitrogens with zero attached hydrogens (tertiary/aromatic N) is 3. The average molecular weight is 275 g/mol. The van der Waals surface area contributed by atoms with Gasteiger partial charge in [-0.25, -0.2) is 4.79 Å². The quantitative estimate of drug-likeness (QED) is 0.863. The van der Waals surface area contributed by atoms with Crippen molar-refractivity contribution in [1.29, 1.82) is 0 Å². The van der Waals surface area contributed by atoms with Crippen LogP contribution in [-0.4, -0.2) is 31.2 Å². The van der Waals surface area contributed by atoms with Gasteiger partial charge in [0.2, 0.25) is 0 Å². The number of carboxylic acids is 1. The second-order valence-electron chi connectivity index (χ2n) is 4.88. The summed E-state index contributed by atoms with van der Waals surface area (Å²) in [4.78, 5) is 22.7. The number of carboxylic acid groups (broad SMARTS) is 1. The van der Waals surface area contributed by atoms with Gasteiger partial charge in [0.05, 0.1) is 12.2 Å². The summed E-state index contributed by atoms with van der Waals surface area (Å²) < 4.78 is 3.34. The van der Waals surface area contributed by atoms with E-state index in [0.29, 0.717) is 12.1 Å². The molecule has 0 atom stereocenters. The van der Waals surface area contributed by atoms with Crippen molar-refractivity contribution in [3.63, 3.8) is 0 Å². The van der Waals surface area contributed by atoms with Crippen LogP contribution >= 0.6 is 0 Å². The monoisotopic (exact) mass is 275 g/mol. The van der Waals surface area contributed by atoms with E-state index in [0.717, 1.165) is 17.0 Å². The Kier molecular flexibility index (Phi) is 3.48. The summed E-state index contributed by atoms with van der Waals surface area (Å²) in [5.41, 5.74) is 3.33. The summed E-state index contributed by atoms with van der Waals surface area (Å²) >= 11 is 0. The number of carbonyl (C=O) groups is 2. The van der Waals surface area contributed by atoms with E-state index in [-0.39, 0.29) is 11.5 Å². The van der Waals surface area contributed by atoms with Crippen LogP contribution in [0.3, 0.4) is 0 Å². The summed E-state index contributed by atoms with van der Waals surface area (Å²) in [6.07, 6.45) is 1.58. The fourth-order valence-electron chi connectivity index (χ4n) is 2.23. The van der Waals surface area contributed by atoms with E-state index in [1.807, 2.05) is 20.9 Å². The summed E-state index contributed by atoms with van der Waals surface area (Å²) in [5, 5.41) is 13.5. The third-order valence-electron chi connectivity index (χ3n) is 3.51. The van der Waals surface area contributed by atoms with E-state index in [2.05, 4.69) is 5.10 Å². The van der Waals surface area contributed by atoms with Crippen LogP contribution in [0.2, 0.25) is 0 Å². The number of carbonyl (C=O) groups excluding carboxylic acids is 1. The Morgan fingerprint density at radius 2 is 2.00 bits per heavy atom. The van der Waals surface area contributed by atoms with Crippen LogP contribution in [0.25, 0.3) is 0 Å². The first-order valence-electron chi connectivity index (χ1n) is 6.24. The normalized spacial score (nSPS) is 10.8. The number of aryl methyl sites for hydroxylation is 2. The third-order valence-corrected chi connectivity index (χ3v) is 3.51. The van der Waals surface area contributed by atoms with E-state index in [4.69, 9.17) is 0 Å². The summed E-state index contributed by atoms with van der Waals surface area (Å²) in [6.45, 7) is 5.63. The zero-order valence-corrected chi connectivity index (χ0v) is 12.0. The zero-order chi connectivity index (χ0) is 15.0. The van der Waals surface area contributed by atoms with Crippen molar-refractivity contribution < 1.29 is 14.7 Å². The smallest absolute Gasteiger partial charge is 0.352 e. The lowest BCUT2D eigenvalue weighted by Gasteiger charge is -2.06. The molecule has 2 rings (SSSR count). The fraction of sp³-hybridized carbons (Fsp3) is 0.357. The molecular formula is C14H17N3O3. The molecule has 106 valence electrons. The minimum atomic E-state index is -1.04. The molecule has 0 aliphatic carbocycles. The summed E-state index contributed by atoms with van der Waals surface area (Å²) in [5.74, 6) is -1.19. The molecule has 1 N–H and O–H groups in total. The van der Waals surface area contributed by atoms with Gasteiger partial charge in [0, 0.05) is 30.1 Å². The Bertz CT molecular complexity index is 695. The van der Waals surface area contributed by atoms with Gasteiger partial charge in [-0.3, -0.25) is 9.48 Å². The SMILES string of the molecule is CC(=O)c1cc(C(=O)O)n(Cc2c(C)nn(C)c2C)c1. The van der Waals surface area contributed by atoms with Gasteiger partial charge in [0.25, 0.3) is 0 Å². The lowest BCUT2D eigenvalue weighted by Crippen LogP contribution is -2.09. The van der Waals surface area contributed by atoms with Crippen LogP contribution in [-0.2, 0) is 13.6 Å². The zero-order valence-electron chi connectivity index (χ0n) is 12.0. The summed E-state index contributed by atoms with van der Waals surface area (Å²) in [7, 11) is 1.85. The van der Waals surface area contributed by atoms with Crippen LogP contribution in [0.4, 0.5) is 0 Å². The maximum Gasteiger partial charge on any atom is 0.352 e. The second-order valence-corrected chi connectivity index (χ2v) is 4.88. The molecule has 0 bridgehead atoms. The predicted molar refractivity (Wildman–Crippen MR) is 73.2 cm³/mol. The standard InChI is InChI=1S/C14H17N3O3/c1-8-12(9(2)16(4)15-8)7-17-6-11(10(3)18)5-13(17)14(19)20/h5-6H,7H2,1-4H3,(H,19,20). The average Bonchev–Trinajstić information content (AvgIpc) is 2.87. The molecular weight excluding hydrogens is 258 g/mol. The first-order chi connectivity index (χ1) is 9.31. The highest BCUT2D eigenvalue weighted by Gasteiger charge is 2.17. The first kappa shape index (κ1) is 14.0. The number of Topliss-reactive ketones (excluding diaryl/α,β-unsaturated/α-hetero) is 1. The number of hydrogen-bond acceptors (Lipinski definition) is 3. The molecule has 0 radical (unpaired) electrons. The molecule has 0 unspecified atom stereocenters. The molecule has 0 saturated carbocycles. The predicted octanol–water partition coefficient (Wildman–Crippen LogP) is 1.79. The number of aromatic nitrogens is 3. The minimum absolute atomic E-state index is 0.109. The van der Waals surface area contributed by atoms with Gasteiger partial charge in [-0.15, -0.1) is 0 Å². The molecule has 2 aromatic heterocycles. The van der Waals surface area contributed by atoms with Gasteiger partial charge in [0.15, 0.2) is 5.78 Å². The van der Waals surface area contributed by atoms with Crippen LogP contribution in [0.15, 0.2) is 12.3 Å². The van der Waals surface area contributed by atoms with Crippen molar-refractivity contribution in [3.05, 3.63) is 40.5 Å². The molecule has 6 nitrogen and oxygen atoms in total. The third kappa shape index (κ3) is 2.36. The van der Waals surface area contributed by atoms with E-state index in [1.165, 1.54) is 13.0 Å². The number of rotatable bonds is 4. The van der Waals surface area contributed by atoms with Gasteiger partial charge in [-0.1, -0.05) is 0 Å². The van der Waals surface area contributed by atoms with Crippen molar-refractivity contribution in [1.82, 2.24) is 14.3 Å². The van der Waals surface area contributed by atoms with Crippen molar-refractivity contribution in [2.45, 2.75) is 27.3 Å².